The molecule has 1 saturated heterocycles. The van der Waals surface area contributed by atoms with Crippen molar-refractivity contribution in [1.82, 2.24) is 4.90 Å². The average molecular weight is 417 g/mol. The number of aliphatic imine (C=N–C) groups is 1. The van der Waals surface area contributed by atoms with Crippen LogP contribution in [0.1, 0.15) is 23.1 Å². The predicted octanol–water partition coefficient (Wildman–Crippen LogP) is 5.19. The van der Waals surface area contributed by atoms with E-state index in [4.69, 9.17) is 9.73 Å². The Morgan fingerprint density at radius 1 is 0.935 bits per heavy atom. The quantitative estimate of drug-likeness (QED) is 0.449. The molecule has 1 heterocycles. The van der Waals surface area contributed by atoms with Gasteiger partial charge in [-0.25, -0.2) is 4.39 Å². The van der Waals surface area contributed by atoms with Crippen LogP contribution in [0.25, 0.3) is 0 Å². The smallest absolute Gasteiger partial charge is 0.119 e. The summed E-state index contributed by atoms with van der Waals surface area (Å²) in [6.07, 6.45) is 0.806. The van der Waals surface area contributed by atoms with Crippen molar-refractivity contribution >= 4 is 5.71 Å². The zero-order chi connectivity index (χ0) is 21.3. The lowest BCUT2D eigenvalue weighted by molar-refractivity contribution is 0.224. The third-order valence-electron chi connectivity index (χ3n) is 5.55. The SMILES string of the molecule is F[C@@H]1CCN(CCOc2cccc(CCN=C(c3ccccc3)c3ccccc3)c2)C1. The first kappa shape index (κ1) is 21.3. The fourth-order valence-electron chi connectivity index (χ4n) is 3.91. The van der Waals surface area contributed by atoms with Gasteiger partial charge in [0.25, 0.3) is 0 Å². The number of hydrogen-bond acceptors (Lipinski definition) is 3. The Morgan fingerprint density at radius 3 is 2.29 bits per heavy atom. The van der Waals surface area contributed by atoms with Crippen molar-refractivity contribution in [1.29, 1.82) is 0 Å². The Balaban J connectivity index is 1.36. The van der Waals surface area contributed by atoms with Crippen molar-refractivity contribution in [2.75, 3.05) is 32.8 Å². The van der Waals surface area contributed by atoms with Gasteiger partial charge in [-0.3, -0.25) is 9.89 Å². The summed E-state index contributed by atoms with van der Waals surface area (Å²) in [5.41, 5.74) is 4.48. The number of likely N-dealkylation sites (tertiary alicyclic amines) is 1. The fourth-order valence-corrected chi connectivity index (χ4v) is 3.91. The number of benzene rings is 3. The van der Waals surface area contributed by atoms with Crippen LogP contribution in [0.3, 0.4) is 0 Å². The number of rotatable bonds is 9. The van der Waals surface area contributed by atoms with E-state index in [-0.39, 0.29) is 0 Å². The molecule has 1 aliphatic rings. The van der Waals surface area contributed by atoms with Crippen molar-refractivity contribution in [3.8, 4) is 5.75 Å². The maximum Gasteiger partial charge on any atom is 0.119 e. The van der Waals surface area contributed by atoms with Gasteiger partial charge in [-0.1, -0.05) is 72.8 Å². The summed E-state index contributed by atoms with van der Waals surface area (Å²) >= 11 is 0. The molecule has 3 aromatic rings. The van der Waals surface area contributed by atoms with E-state index >= 15 is 0 Å². The molecule has 31 heavy (non-hydrogen) atoms. The van der Waals surface area contributed by atoms with Gasteiger partial charge in [-0.05, 0) is 30.5 Å². The van der Waals surface area contributed by atoms with Gasteiger partial charge in [0.05, 0.1) is 5.71 Å². The number of alkyl halides is 1. The minimum Gasteiger partial charge on any atom is -0.492 e. The van der Waals surface area contributed by atoms with Gasteiger partial charge >= 0.3 is 0 Å². The second-order valence-corrected chi connectivity index (χ2v) is 7.89. The fraction of sp³-hybridized carbons (Fsp3) is 0.296. The Morgan fingerprint density at radius 2 is 1.65 bits per heavy atom. The van der Waals surface area contributed by atoms with Gasteiger partial charge in [0, 0.05) is 37.3 Å². The molecule has 0 saturated carbocycles. The lowest BCUT2D eigenvalue weighted by Gasteiger charge is -2.15. The maximum absolute atomic E-state index is 13.3. The molecule has 4 rings (SSSR count). The van der Waals surface area contributed by atoms with Crippen LogP contribution in [0.2, 0.25) is 0 Å². The summed E-state index contributed by atoms with van der Waals surface area (Å²) in [4.78, 5) is 7.07. The average Bonchev–Trinajstić information content (AvgIpc) is 3.23. The highest BCUT2D eigenvalue weighted by atomic mass is 19.1. The van der Waals surface area contributed by atoms with Crippen LogP contribution in [0.5, 0.6) is 5.75 Å². The van der Waals surface area contributed by atoms with E-state index < -0.39 is 6.17 Å². The van der Waals surface area contributed by atoms with Gasteiger partial charge in [0.15, 0.2) is 0 Å². The summed E-state index contributed by atoms with van der Waals surface area (Å²) in [7, 11) is 0. The maximum atomic E-state index is 13.3. The third-order valence-corrected chi connectivity index (χ3v) is 5.55. The second-order valence-electron chi connectivity index (χ2n) is 7.89. The van der Waals surface area contributed by atoms with Crippen LogP contribution in [-0.2, 0) is 6.42 Å². The Hall–Kier alpha value is -2.98. The molecule has 0 unspecified atom stereocenters. The van der Waals surface area contributed by atoms with Crippen LogP contribution < -0.4 is 4.74 Å². The van der Waals surface area contributed by atoms with E-state index in [0.29, 0.717) is 26.1 Å². The van der Waals surface area contributed by atoms with E-state index in [9.17, 15) is 4.39 Å². The standard InChI is InChI=1S/C27H29FN2O/c28-25-15-17-30(21-25)18-19-31-26-13-7-8-22(20-26)14-16-29-27(23-9-3-1-4-10-23)24-11-5-2-6-12-24/h1-13,20,25H,14-19,21H2/t25-/m1/s1. The summed E-state index contributed by atoms with van der Waals surface area (Å²) in [5, 5.41) is 0. The topological polar surface area (TPSA) is 24.8 Å². The molecular formula is C27H29FN2O. The van der Waals surface area contributed by atoms with Crippen LogP contribution in [-0.4, -0.2) is 49.6 Å². The lowest BCUT2D eigenvalue weighted by atomic mass is 10.0. The molecule has 3 nitrogen and oxygen atoms in total. The van der Waals surface area contributed by atoms with Crippen molar-refractivity contribution in [3.63, 3.8) is 0 Å². The minimum absolute atomic E-state index is 0.534. The highest BCUT2D eigenvalue weighted by Crippen LogP contribution is 2.16. The van der Waals surface area contributed by atoms with E-state index in [1.54, 1.807) is 0 Å². The molecule has 3 aromatic carbocycles. The van der Waals surface area contributed by atoms with Gasteiger partial charge in [-0.15, -0.1) is 0 Å². The Labute approximate surface area is 184 Å². The number of nitrogens with zero attached hydrogens (tertiary/aromatic N) is 2. The van der Waals surface area contributed by atoms with Crippen LogP contribution in [0, 0.1) is 0 Å². The number of hydrogen-bond donors (Lipinski definition) is 0. The van der Waals surface area contributed by atoms with Crippen molar-refractivity contribution in [2.24, 2.45) is 4.99 Å². The molecular weight excluding hydrogens is 387 g/mol. The first-order valence-corrected chi connectivity index (χ1v) is 11.0. The molecule has 0 radical (unpaired) electrons. The molecule has 0 aromatic heterocycles. The van der Waals surface area contributed by atoms with E-state index in [1.165, 1.54) is 5.56 Å². The molecule has 0 aliphatic carbocycles. The molecule has 0 bridgehead atoms. The molecule has 4 heteroatoms. The van der Waals surface area contributed by atoms with Crippen molar-refractivity contribution in [2.45, 2.75) is 19.0 Å². The van der Waals surface area contributed by atoms with Crippen LogP contribution in [0.4, 0.5) is 4.39 Å². The van der Waals surface area contributed by atoms with Crippen molar-refractivity contribution in [3.05, 3.63) is 102 Å². The zero-order valence-corrected chi connectivity index (χ0v) is 17.8. The molecule has 1 atom stereocenters. The first-order chi connectivity index (χ1) is 15.3. The van der Waals surface area contributed by atoms with Gasteiger partial charge in [0.2, 0.25) is 0 Å². The third kappa shape index (κ3) is 6.25. The predicted molar refractivity (Wildman–Crippen MR) is 125 cm³/mol. The summed E-state index contributed by atoms with van der Waals surface area (Å²) < 4.78 is 19.2. The molecule has 1 fully saturated rings. The highest BCUT2D eigenvalue weighted by molar-refractivity contribution is 6.12. The molecule has 160 valence electrons. The van der Waals surface area contributed by atoms with Crippen LogP contribution in [0.15, 0.2) is 89.9 Å². The van der Waals surface area contributed by atoms with Gasteiger partial charge < -0.3 is 4.74 Å². The van der Waals surface area contributed by atoms with Gasteiger partial charge in [0.1, 0.15) is 18.5 Å². The normalized spacial score (nSPS) is 16.2. The largest absolute Gasteiger partial charge is 0.492 e. The summed E-state index contributed by atoms with van der Waals surface area (Å²) in [6.45, 7) is 3.42. The monoisotopic (exact) mass is 416 g/mol. The van der Waals surface area contributed by atoms with Crippen molar-refractivity contribution < 1.29 is 9.13 Å². The zero-order valence-electron chi connectivity index (χ0n) is 17.8. The molecule has 0 amide bonds. The summed E-state index contributed by atoms with van der Waals surface area (Å²) in [5.74, 6) is 0.865. The summed E-state index contributed by atoms with van der Waals surface area (Å²) in [6, 6.07) is 28.8. The van der Waals surface area contributed by atoms with Crippen LogP contribution >= 0.6 is 0 Å². The van der Waals surface area contributed by atoms with E-state index in [1.807, 2.05) is 48.5 Å². The number of ether oxygens (including phenoxy) is 1. The Kier molecular flexibility index (Phi) is 7.46. The second kappa shape index (κ2) is 10.9. The van der Waals surface area contributed by atoms with E-state index in [2.05, 4.69) is 41.3 Å². The molecule has 0 spiro atoms. The van der Waals surface area contributed by atoms with Gasteiger partial charge in [-0.2, -0.15) is 0 Å². The highest BCUT2D eigenvalue weighted by Gasteiger charge is 2.21. The minimum atomic E-state index is -0.680. The first-order valence-electron chi connectivity index (χ1n) is 11.0. The number of halogens is 1. The lowest BCUT2D eigenvalue weighted by Crippen LogP contribution is -2.26. The van der Waals surface area contributed by atoms with E-state index in [0.717, 1.165) is 42.1 Å². The Bertz CT molecular complexity index is 933. The molecule has 0 N–H and O–H groups in total. The molecule has 1 aliphatic heterocycles.